The number of allylic oxidation sites excluding steroid dienone is 1. The van der Waals surface area contributed by atoms with Gasteiger partial charge in [-0.25, -0.2) is 4.68 Å². The molecule has 0 atom stereocenters. The van der Waals surface area contributed by atoms with E-state index in [1.807, 2.05) is 6.08 Å². The fraction of sp³-hybridized carbons (Fsp3) is 0.368. The van der Waals surface area contributed by atoms with E-state index in [0.717, 1.165) is 30.3 Å². The van der Waals surface area contributed by atoms with E-state index in [1.165, 1.54) is 10.7 Å². The van der Waals surface area contributed by atoms with Crippen molar-refractivity contribution in [3.63, 3.8) is 0 Å². The normalized spacial score (nSPS) is 14.4. The molecule has 0 spiro atoms. The van der Waals surface area contributed by atoms with E-state index in [-0.39, 0.29) is 18.0 Å². The molecule has 1 heterocycles. The largest absolute Gasteiger partial charge is 0.416 e. The van der Waals surface area contributed by atoms with Gasteiger partial charge in [0, 0.05) is 17.8 Å². The highest BCUT2D eigenvalue weighted by atomic mass is 19.4. The van der Waals surface area contributed by atoms with Gasteiger partial charge in [-0.15, -0.1) is 0 Å². The summed E-state index contributed by atoms with van der Waals surface area (Å²) >= 11 is 0. The first-order valence-electron chi connectivity index (χ1n) is 8.46. The molecular formula is C19H20F3N3O. The molecule has 0 bridgehead atoms. The maximum atomic E-state index is 13.5. The maximum Gasteiger partial charge on any atom is 0.416 e. The van der Waals surface area contributed by atoms with Crippen LogP contribution in [0.25, 0.3) is 5.69 Å². The Labute approximate surface area is 149 Å². The van der Waals surface area contributed by atoms with Gasteiger partial charge >= 0.3 is 6.18 Å². The third-order valence-electron chi connectivity index (χ3n) is 4.43. The number of halogens is 3. The van der Waals surface area contributed by atoms with Gasteiger partial charge in [0.2, 0.25) is 5.91 Å². The Morgan fingerprint density at radius 2 is 2.04 bits per heavy atom. The van der Waals surface area contributed by atoms with Crippen LogP contribution in [0, 0.1) is 13.8 Å². The van der Waals surface area contributed by atoms with Crippen molar-refractivity contribution in [3.8, 4) is 5.69 Å². The van der Waals surface area contributed by atoms with Gasteiger partial charge in [0.05, 0.1) is 16.9 Å². The first-order chi connectivity index (χ1) is 12.3. The van der Waals surface area contributed by atoms with Crippen LogP contribution in [-0.4, -0.2) is 15.7 Å². The number of hydrogen-bond acceptors (Lipinski definition) is 2. The highest BCUT2D eigenvalue weighted by molar-refractivity contribution is 5.93. The predicted octanol–water partition coefficient (Wildman–Crippen LogP) is 4.23. The lowest BCUT2D eigenvalue weighted by Crippen LogP contribution is -2.25. The average Bonchev–Trinajstić information content (AvgIpc) is 3.21. The molecule has 0 fully saturated rings. The molecular weight excluding hydrogens is 343 g/mol. The Bertz CT molecular complexity index is 865. The molecule has 1 aromatic carbocycles. The van der Waals surface area contributed by atoms with Crippen molar-refractivity contribution in [1.82, 2.24) is 15.1 Å². The molecule has 2 aromatic rings. The van der Waals surface area contributed by atoms with Crippen molar-refractivity contribution in [2.75, 3.05) is 0 Å². The van der Waals surface area contributed by atoms with E-state index in [2.05, 4.69) is 10.4 Å². The molecule has 0 aliphatic heterocycles. The average molecular weight is 363 g/mol. The predicted molar refractivity (Wildman–Crippen MR) is 91.8 cm³/mol. The van der Waals surface area contributed by atoms with Crippen molar-refractivity contribution < 1.29 is 18.0 Å². The van der Waals surface area contributed by atoms with Gasteiger partial charge in [0.25, 0.3) is 0 Å². The number of rotatable bonds is 4. The number of aromatic nitrogens is 2. The number of alkyl halides is 3. The summed E-state index contributed by atoms with van der Waals surface area (Å²) in [4.78, 5) is 12.0. The number of nitrogens with zero attached hydrogens (tertiary/aromatic N) is 2. The zero-order valence-corrected chi connectivity index (χ0v) is 14.7. The fourth-order valence-corrected chi connectivity index (χ4v) is 3.17. The lowest BCUT2D eigenvalue weighted by molar-refractivity contribution is -0.138. The second-order valence-corrected chi connectivity index (χ2v) is 6.48. The molecule has 1 aromatic heterocycles. The van der Waals surface area contributed by atoms with Crippen LogP contribution < -0.4 is 5.32 Å². The molecule has 0 unspecified atom stereocenters. The molecule has 0 radical (unpaired) electrons. The fourth-order valence-electron chi connectivity index (χ4n) is 3.17. The molecule has 7 heteroatoms. The standard InChI is InChI=1S/C19H20F3N3O/c1-12-9-13(2)25(24-12)16-8-7-15(17(10-16)19(20,21)22)11-23-18(26)14-5-3-4-6-14/h5,7-10H,3-4,6,11H2,1-2H3,(H,23,26). The van der Waals surface area contributed by atoms with E-state index in [0.29, 0.717) is 17.7 Å². The van der Waals surface area contributed by atoms with Gasteiger partial charge in [0.15, 0.2) is 0 Å². The molecule has 26 heavy (non-hydrogen) atoms. The van der Waals surface area contributed by atoms with Crippen molar-refractivity contribution in [2.24, 2.45) is 0 Å². The van der Waals surface area contributed by atoms with E-state index >= 15 is 0 Å². The number of carbonyl (C=O) groups is 1. The van der Waals surface area contributed by atoms with Gasteiger partial charge in [-0.05, 0) is 56.9 Å². The van der Waals surface area contributed by atoms with E-state index in [4.69, 9.17) is 0 Å². The van der Waals surface area contributed by atoms with Gasteiger partial charge in [-0.2, -0.15) is 18.3 Å². The van der Waals surface area contributed by atoms with Crippen LogP contribution in [0.2, 0.25) is 0 Å². The van der Waals surface area contributed by atoms with Crippen molar-refractivity contribution >= 4 is 5.91 Å². The van der Waals surface area contributed by atoms with Gasteiger partial charge < -0.3 is 5.32 Å². The molecule has 138 valence electrons. The SMILES string of the molecule is Cc1cc(C)n(-c2ccc(CNC(=O)C3=CCCC3)c(C(F)(F)F)c2)n1. The first-order valence-corrected chi connectivity index (χ1v) is 8.46. The lowest BCUT2D eigenvalue weighted by atomic mass is 10.1. The summed E-state index contributed by atoms with van der Waals surface area (Å²) in [5.41, 5.74) is 1.76. The number of hydrogen-bond donors (Lipinski definition) is 1. The second-order valence-electron chi connectivity index (χ2n) is 6.48. The summed E-state index contributed by atoms with van der Waals surface area (Å²) in [7, 11) is 0. The van der Waals surface area contributed by atoms with Gasteiger partial charge in [-0.3, -0.25) is 4.79 Å². The molecule has 1 aliphatic rings. The van der Waals surface area contributed by atoms with E-state index in [1.54, 1.807) is 26.0 Å². The minimum absolute atomic E-state index is 0.0368. The van der Waals surface area contributed by atoms with Crippen LogP contribution >= 0.6 is 0 Å². The molecule has 4 nitrogen and oxygen atoms in total. The van der Waals surface area contributed by atoms with Crippen molar-refractivity contribution in [2.45, 2.75) is 45.8 Å². The second kappa shape index (κ2) is 6.97. The van der Waals surface area contributed by atoms with Crippen LogP contribution in [0.3, 0.4) is 0 Å². The van der Waals surface area contributed by atoms with Crippen LogP contribution in [0.5, 0.6) is 0 Å². The summed E-state index contributed by atoms with van der Waals surface area (Å²) in [6.45, 7) is 3.41. The first kappa shape index (κ1) is 18.2. The topological polar surface area (TPSA) is 46.9 Å². The van der Waals surface area contributed by atoms with Crippen molar-refractivity contribution in [3.05, 3.63) is 58.4 Å². The van der Waals surface area contributed by atoms with Gasteiger partial charge in [0.1, 0.15) is 0 Å². The van der Waals surface area contributed by atoms with Crippen LogP contribution in [0.4, 0.5) is 13.2 Å². The van der Waals surface area contributed by atoms with Crippen LogP contribution in [-0.2, 0) is 17.5 Å². The van der Waals surface area contributed by atoms with E-state index < -0.39 is 11.7 Å². The molecule has 0 saturated carbocycles. The Balaban J connectivity index is 1.88. The Hall–Kier alpha value is -2.57. The number of carbonyl (C=O) groups excluding carboxylic acids is 1. The lowest BCUT2D eigenvalue weighted by Gasteiger charge is -2.16. The Morgan fingerprint density at radius 1 is 1.27 bits per heavy atom. The zero-order chi connectivity index (χ0) is 18.9. The summed E-state index contributed by atoms with van der Waals surface area (Å²) in [5, 5.41) is 6.83. The Morgan fingerprint density at radius 3 is 2.62 bits per heavy atom. The van der Waals surface area contributed by atoms with E-state index in [9.17, 15) is 18.0 Å². The minimum Gasteiger partial charge on any atom is -0.348 e. The van der Waals surface area contributed by atoms with Crippen molar-refractivity contribution in [1.29, 1.82) is 0 Å². The summed E-state index contributed by atoms with van der Waals surface area (Å²) < 4.78 is 42.0. The zero-order valence-electron chi connectivity index (χ0n) is 14.7. The third kappa shape index (κ3) is 3.81. The third-order valence-corrected chi connectivity index (χ3v) is 4.43. The summed E-state index contributed by atoms with van der Waals surface area (Å²) in [6.07, 6.45) is -0.249. The minimum atomic E-state index is -4.52. The molecule has 1 aliphatic carbocycles. The monoisotopic (exact) mass is 363 g/mol. The van der Waals surface area contributed by atoms with Crippen LogP contribution in [0.15, 0.2) is 35.9 Å². The molecule has 1 N–H and O–H groups in total. The van der Waals surface area contributed by atoms with Gasteiger partial charge in [-0.1, -0.05) is 12.1 Å². The highest BCUT2D eigenvalue weighted by Crippen LogP contribution is 2.33. The van der Waals surface area contributed by atoms with Crippen LogP contribution in [0.1, 0.15) is 41.8 Å². The number of benzene rings is 1. The summed E-state index contributed by atoms with van der Waals surface area (Å²) in [6, 6.07) is 5.87. The smallest absolute Gasteiger partial charge is 0.348 e. The summed E-state index contributed by atoms with van der Waals surface area (Å²) in [5.74, 6) is -0.293. The number of amides is 1. The Kier molecular flexibility index (Phi) is 4.89. The highest BCUT2D eigenvalue weighted by Gasteiger charge is 2.34. The number of nitrogens with one attached hydrogen (secondary N) is 1. The molecule has 3 rings (SSSR count). The molecule has 0 saturated heterocycles. The number of aryl methyl sites for hydroxylation is 2. The quantitative estimate of drug-likeness (QED) is 0.883. The maximum absolute atomic E-state index is 13.5. The molecule has 1 amide bonds.